The first kappa shape index (κ1) is 42.2. The molecule has 0 spiro atoms. The average molecular weight is 741 g/mol. The van der Waals surface area contributed by atoms with Crippen molar-refractivity contribution in [2.75, 3.05) is 13.7 Å². The molecule has 4 N–H and O–H groups in total. The van der Waals surface area contributed by atoms with Crippen molar-refractivity contribution in [2.45, 2.75) is 90.6 Å². The number of aliphatic hydroxyl groups excluding tert-OH is 3. The van der Waals surface area contributed by atoms with Crippen molar-refractivity contribution in [3.8, 4) is 5.75 Å². The van der Waals surface area contributed by atoms with Crippen LogP contribution in [0.2, 0.25) is 10.0 Å². The topological polar surface area (TPSA) is 161 Å². The predicted molar refractivity (Wildman–Crippen MR) is 173 cm³/mol. The van der Waals surface area contributed by atoms with E-state index in [2.05, 4.69) is 19.2 Å². The van der Waals surface area contributed by atoms with Crippen molar-refractivity contribution in [3.63, 3.8) is 0 Å². The van der Waals surface area contributed by atoms with Gasteiger partial charge in [-0.3, -0.25) is 9.59 Å². The number of halogens is 5. The fraction of sp³-hybridized carbons (Fsp3) is 0.545. The first-order valence-electron chi connectivity index (χ1n) is 15.3. The number of hydrogen-bond donors (Lipinski definition) is 4. The molecule has 0 aliphatic carbocycles. The molecule has 0 unspecified atom stereocenters. The maximum absolute atomic E-state index is 13.1. The number of alkyl halides is 3. The highest BCUT2D eigenvalue weighted by molar-refractivity contribution is 6.38. The van der Waals surface area contributed by atoms with Gasteiger partial charge in [-0.25, -0.2) is 4.79 Å². The molecule has 16 heteroatoms. The van der Waals surface area contributed by atoms with Crippen molar-refractivity contribution in [1.29, 1.82) is 0 Å². The van der Waals surface area contributed by atoms with Gasteiger partial charge in [0.25, 0.3) is 0 Å². The minimum atomic E-state index is -4.64. The number of benzene rings is 2. The number of carbonyl (C=O) groups excluding carboxylic acids is 3. The Bertz CT molecular complexity index is 1410. The third kappa shape index (κ3) is 12.4. The Labute approximate surface area is 292 Å². The Hall–Kier alpha value is -2.98. The molecule has 274 valence electrons. The van der Waals surface area contributed by atoms with Crippen LogP contribution in [0, 0.1) is 18.8 Å². The lowest BCUT2D eigenvalue weighted by Gasteiger charge is -2.40. The maximum atomic E-state index is 13.1. The maximum Gasteiger partial charge on any atom is 0.446 e. The van der Waals surface area contributed by atoms with Gasteiger partial charge in [-0.2, -0.15) is 13.2 Å². The minimum absolute atomic E-state index is 0.0174. The van der Waals surface area contributed by atoms with Crippen molar-refractivity contribution >= 4 is 41.4 Å². The predicted octanol–water partition coefficient (Wildman–Crippen LogP) is 4.93. The van der Waals surface area contributed by atoms with Crippen LogP contribution in [0.4, 0.5) is 13.2 Å². The molecule has 6 atom stereocenters. The molecule has 0 bridgehead atoms. The number of esters is 1. The smallest absolute Gasteiger partial charge is 0.446 e. The summed E-state index contributed by atoms with van der Waals surface area (Å²) in [6.07, 6.45) is -10.9. The zero-order chi connectivity index (χ0) is 37.1. The van der Waals surface area contributed by atoms with E-state index in [0.29, 0.717) is 18.0 Å². The molecule has 0 saturated carbocycles. The van der Waals surface area contributed by atoms with Crippen molar-refractivity contribution in [1.82, 2.24) is 5.32 Å². The van der Waals surface area contributed by atoms with Gasteiger partial charge in [0.15, 0.2) is 18.1 Å². The van der Waals surface area contributed by atoms with Gasteiger partial charge in [-0.1, -0.05) is 68.2 Å². The van der Waals surface area contributed by atoms with E-state index in [1.807, 2.05) is 31.2 Å². The quantitative estimate of drug-likeness (QED) is 0.164. The van der Waals surface area contributed by atoms with Crippen LogP contribution in [0.15, 0.2) is 30.3 Å². The van der Waals surface area contributed by atoms with Crippen LogP contribution in [0.3, 0.4) is 0 Å². The van der Waals surface area contributed by atoms with Crippen molar-refractivity contribution < 1.29 is 61.8 Å². The summed E-state index contributed by atoms with van der Waals surface area (Å²) in [5.41, 5.74) is 2.08. The normalized spacial score (nSPS) is 21.3. The number of nitrogens with one attached hydrogen (secondary N) is 1. The molecule has 0 radical (unpaired) electrons. The van der Waals surface area contributed by atoms with E-state index in [1.165, 1.54) is 13.2 Å². The molecule has 1 fully saturated rings. The number of aldehydes is 1. The van der Waals surface area contributed by atoms with Crippen LogP contribution in [0.1, 0.15) is 60.7 Å². The average Bonchev–Trinajstić information content (AvgIpc) is 3.06. The Balaban J connectivity index is 0.00000127. The molecule has 3 rings (SSSR count). The lowest BCUT2D eigenvalue weighted by atomic mass is 9.94. The van der Waals surface area contributed by atoms with E-state index < -0.39 is 55.7 Å². The Kier molecular flexibility index (Phi) is 16.7. The van der Waals surface area contributed by atoms with E-state index in [4.69, 9.17) is 46.9 Å². The Morgan fingerprint density at radius 3 is 2.31 bits per heavy atom. The molecule has 1 saturated heterocycles. The first-order chi connectivity index (χ1) is 23.0. The molecule has 1 heterocycles. The summed E-state index contributed by atoms with van der Waals surface area (Å²) < 4.78 is 53.2. The molecule has 2 aromatic carbocycles. The number of methoxy groups -OCH3 is 1. The van der Waals surface area contributed by atoms with Crippen LogP contribution < -0.4 is 10.1 Å². The molecule has 0 aromatic heterocycles. The van der Waals surface area contributed by atoms with Gasteiger partial charge in [-0.05, 0) is 48.4 Å². The van der Waals surface area contributed by atoms with Gasteiger partial charge < -0.3 is 39.6 Å². The van der Waals surface area contributed by atoms with E-state index in [1.54, 1.807) is 6.92 Å². The molecular weight excluding hydrogens is 698 g/mol. The van der Waals surface area contributed by atoms with Crippen LogP contribution >= 0.6 is 23.2 Å². The summed E-state index contributed by atoms with van der Waals surface area (Å²) in [6, 6.07) is 8.93. The molecule has 2 aromatic rings. The van der Waals surface area contributed by atoms with Gasteiger partial charge in [0.05, 0.1) is 22.2 Å². The molecule has 1 aliphatic heterocycles. The standard InChI is InChI=1S/C31H41Cl2NO9.C2HF3O/c1-6-20(10-16(2)3)29(38)34-13-18-8-7-9-19(11-18)15-41-27-22(32)12-21(17(4)24(27)33)30(39)43-28-26(37)25(36)23(14-35)42-31(28)40-5;3-2(4,5)1-6/h7-9,11-12,16,20,23,25-26,28,31,35-37H,6,10,13-15H2,1-5H3,(H,34,38);1H/t20-,23+,25+,26-,28+,31-;/m0./s1. The Morgan fingerprint density at radius 1 is 1.12 bits per heavy atom. The number of aliphatic hydroxyl groups is 3. The molecule has 49 heavy (non-hydrogen) atoms. The highest BCUT2D eigenvalue weighted by Gasteiger charge is 2.47. The second-order valence-corrected chi connectivity index (χ2v) is 12.5. The van der Waals surface area contributed by atoms with Gasteiger partial charge >= 0.3 is 12.1 Å². The number of rotatable bonds is 13. The van der Waals surface area contributed by atoms with Crippen molar-refractivity contribution in [3.05, 3.63) is 62.6 Å². The number of hydrogen-bond acceptors (Lipinski definition) is 10. The van der Waals surface area contributed by atoms with Gasteiger partial charge in [-0.15, -0.1) is 0 Å². The Morgan fingerprint density at radius 2 is 1.76 bits per heavy atom. The van der Waals surface area contributed by atoms with Gasteiger partial charge in [0.1, 0.15) is 24.9 Å². The van der Waals surface area contributed by atoms with Crippen LogP contribution in [-0.4, -0.2) is 84.1 Å². The van der Waals surface area contributed by atoms with Crippen LogP contribution in [0.5, 0.6) is 5.75 Å². The molecule has 11 nitrogen and oxygen atoms in total. The lowest BCUT2D eigenvalue weighted by Crippen LogP contribution is -2.60. The third-order valence-corrected chi connectivity index (χ3v) is 8.27. The van der Waals surface area contributed by atoms with Crippen LogP contribution in [-0.2, 0) is 37.0 Å². The summed E-state index contributed by atoms with van der Waals surface area (Å²) in [6.45, 7) is 7.77. The molecule has 1 aliphatic rings. The minimum Gasteiger partial charge on any atom is -0.486 e. The lowest BCUT2D eigenvalue weighted by molar-refractivity contribution is -0.293. The van der Waals surface area contributed by atoms with E-state index in [9.17, 15) is 38.1 Å². The van der Waals surface area contributed by atoms with Crippen molar-refractivity contribution in [2.24, 2.45) is 11.8 Å². The fourth-order valence-corrected chi connectivity index (χ4v) is 5.51. The van der Waals surface area contributed by atoms with E-state index >= 15 is 0 Å². The van der Waals surface area contributed by atoms with Crippen LogP contribution in [0.25, 0.3) is 0 Å². The highest BCUT2D eigenvalue weighted by Crippen LogP contribution is 2.39. The summed E-state index contributed by atoms with van der Waals surface area (Å²) in [4.78, 5) is 34.4. The summed E-state index contributed by atoms with van der Waals surface area (Å²) in [5, 5.41) is 33.3. The molecular formula is C33H42Cl2F3NO10. The highest BCUT2D eigenvalue weighted by atomic mass is 35.5. The van der Waals surface area contributed by atoms with E-state index in [-0.39, 0.29) is 39.8 Å². The largest absolute Gasteiger partial charge is 0.486 e. The monoisotopic (exact) mass is 739 g/mol. The second-order valence-electron chi connectivity index (χ2n) is 11.7. The first-order valence-corrected chi connectivity index (χ1v) is 16.1. The third-order valence-electron chi connectivity index (χ3n) is 7.53. The second kappa shape index (κ2) is 19.4. The summed E-state index contributed by atoms with van der Waals surface area (Å²) >= 11 is 13.0. The zero-order valence-corrected chi connectivity index (χ0v) is 29.1. The van der Waals surface area contributed by atoms with E-state index in [0.717, 1.165) is 24.0 Å². The molecule has 1 amide bonds. The summed E-state index contributed by atoms with van der Waals surface area (Å²) in [7, 11) is 1.27. The van der Waals surface area contributed by atoms with Gasteiger partial charge in [0.2, 0.25) is 12.2 Å². The SMILES string of the molecule is CC[C@@H](CC(C)C)C(=O)NCc1cccc(COc2c(Cl)cc(C(=O)O[C@H]3[C@@H](OC)O[C@H](CO)[C@@H](O)[C@@H]3O)c(C)c2Cl)c1.O=CC(F)(F)F. The number of carbonyl (C=O) groups is 3. The summed E-state index contributed by atoms with van der Waals surface area (Å²) in [5.74, 6) is -0.250. The number of amides is 1. The number of ether oxygens (including phenoxy) is 4. The van der Waals surface area contributed by atoms with Gasteiger partial charge in [0, 0.05) is 19.6 Å². The fourth-order valence-electron chi connectivity index (χ4n) is 4.94. The zero-order valence-electron chi connectivity index (χ0n) is 27.6.